The number of amides is 2. The number of aryl methyl sites for hydroxylation is 3. The van der Waals surface area contributed by atoms with Crippen LogP contribution in [0.1, 0.15) is 67.6 Å². The van der Waals surface area contributed by atoms with Crippen LogP contribution in [0, 0.1) is 13.8 Å². The van der Waals surface area contributed by atoms with Crippen molar-refractivity contribution in [2.24, 2.45) is 0 Å². The van der Waals surface area contributed by atoms with Crippen molar-refractivity contribution in [3.05, 3.63) is 93.7 Å². The molecule has 2 amide bonds. The Bertz CT molecular complexity index is 1750. The van der Waals surface area contributed by atoms with Crippen molar-refractivity contribution in [3.63, 3.8) is 0 Å². The van der Waals surface area contributed by atoms with Crippen LogP contribution in [0.2, 0.25) is 0 Å². The maximum absolute atomic E-state index is 14.8. The number of fused-ring (bicyclic) bond motifs is 1. The number of alkyl halides is 1. The van der Waals surface area contributed by atoms with Gasteiger partial charge in [0.25, 0.3) is 11.5 Å². The number of H-pyrrole nitrogens is 1. The first-order valence-corrected chi connectivity index (χ1v) is 14.8. The van der Waals surface area contributed by atoms with Crippen LogP contribution in [-0.2, 0) is 16.0 Å². The van der Waals surface area contributed by atoms with Crippen molar-refractivity contribution in [3.8, 4) is 22.3 Å². The molecule has 43 heavy (non-hydrogen) atoms. The first-order chi connectivity index (χ1) is 20.5. The number of carbonyl (C=O) groups is 2. The third kappa shape index (κ3) is 5.51. The summed E-state index contributed by atoms with van der Waals surface area (Å²) in [5, 5.41) is 13.0. The number of rotatable bonds is 8. The molecule has 2 aromatic heterocycles. The van der Waals surface area contributed by atoms with Crippen LogP contribution in [0.25, 0.3) is 22.3 Å². The van der Waals surface area contributed by atoms with Crippen LogP contribution in [0.15, 0.2) is 65.6 Å². The molecule has 4 aromatic rings. The Kier molecular flexibility index (Phi) is 7.28. The molecule has 3 N–H and O–H groups in total. The molecule has 0 spiro atoms. The largest absolute Gasteiger partial charge is 0.341 e. The maximum atomic E-state index is 14.8. The molecule has 9 heteroatoms. The summed E-state index contributed by atoms with van der Waals surface area (Å²) in [6.45, 7) is 7.81. The molecule has 8 nitrogen and oxygen atoms in total. The number of nitrogens with one attached hydrogen (secondary N) is 3. The molecule has 2 aliphatic rings. The standard InChI is InChI=1S/C34H36FN5O3/c1-19(2)40-18-25(10-14-29(40)41)24-6-5-22-9-13-27(28(22)17-24)31(37-33(43)34(35)15-16-34)32(42)36-26-11-7-23(8-12-26)30-20(3)38-39-21(30)4/h5-8,10-12,14,17-19,27,31H,9,13,15-16H2,1-4H3,(H,36,42)(H,37,43)(H,38,39)/t27-,31+/m1/s1. The number of benzene rings is 2. The normalized spacial score (nSPS) is 17.4. The number of aromatic amines is 1. The number of nitrogens with zero attached hydrogens (tertiary/aromatic N) is 2. The highest BCUT2D eigenvalue weighted by atomic mass is 19.1. The van der Waals surface area contributed by atoms with Crippen molar-refractivity contribution in [1.82, 2.24) is 20.1 Å². The fourth-order valence-corrected chi connectivity index (χ4v) is 6.11. The molecule has 1 fully saturated rings. The first kappa shape index (κ1) is 28.6. The van der Waals surface area contributed by atoms with E-state index in [9.17, 15) is 18.8 Å². The van der Waals surface area contributed by atoms with E-state index in [0.29, 0.717) is 12.1 Å². The zero-order chi connectivity index (χ0) is 30.5. The van der Waals surface area contributed by atoms with Crippen molar-refractivity contribution in [2.45, 2.75) is 77.0 Å². The minimum atomic E-state index is -1.91. The molecule has 0 aliphatic heterocycles. The van der Waals surface area contributed by atoms with Gasteiger partial charge in [0, 0.05) is 41.2 Å². The van der Waals surface area contributed by atoms with Gasteiger partial charge in [0.05, 0.1) is 5.69 Å². The van der Waals surface area contributed by atoms with Crippen LogP contribution < -0.4 is 16.2 Å². The van der Waals surface area contributed by atoms with Gasteiger partial charge in [-0.15, -0.1) is 0 Å². The summed E-state index contributed by atoms with van der Waals surface area (Å²) in [7, 11) is 0. The van der Waals surface area contributed by atoms with E-state index in [0.717, 1.165) is 51.2 Å². The Morgan fingerprint density at radius 3 is 2.37 bits per heavy atom. The van der Waals surface area contributed by atoms with Gasteiger partial charge in [-0.05, 0) is 99.4 Å². The topological polar surface area (TPSA) is 109 Å². The predicted octanol–water partition coefficient (Wildman–Crippen LogP) is 5.76. The molecule has 2 heterocycles. The first-order valence-electron chi connectivity index (χ1n) is 14.8. The van der Waals surface area contributed by atoms with E-state index in [1.54, 1.807) is 16.7 Å². The van der Waals surface area contributed by atoms with E-state index in [-0.39, 0.29) is 30.4 Å². The van der Waals surface area contributed by atoms with Crippen LogP contribution >= 0.6 is 0 Å². The minimum absolute atomic E-state index is 0.00941. The van der Waals surface area contributed by atoms with Gasteiger partial charge in [-0.2, -0.15) is 5.10 Å². The molecule has 222 valence electrons. The molecular weight excluding hydrogens is 545 g/mol. The number of hydrogen-bond donors (Lipinski definition) is 3. The summed E-state index contributed by atoms with van der Waals surface area (Å²) < 4.78 is 16.5. The third-order valence-corrected chi connectivity index (χ3v) is 8.73. The second kappa shape index (κ2) is 10.9. The van der Waals surface area contributed by atoms with E-state index >= 15 is 0 Å². The van der Waals surface area contributed by atoms with E-state index in [1.807, 2.05) is 76.4 Å². The summed E-state index contributed by atoms with van der Waals surface area (Å²) in [5.41, 5.74) is 6.28. The van der Waals surface area contributed by atoms with Crippen LogP contribution in [0.5, 0.6) is 0 Å². The number of pyridine rings is 1. The van der Waals surface area contributed by atoms with Gasteiger partial charge in [0.15, 0.2) is 5.67 Å². The van der Waals surface area contributed by atoms with Gasteiger partial charge >= 0.3 is 0 Å². The number of aromatic nitrogens is 3. The Hall–Kier alpha value is -4.53. The summed E-state index contributed by atoms with van der Waals surface area (Å²) in [6, 6.07) is 16.0. The lowest BCUT2D eigenvalue weighted by molar-refractivity contribution is -0.131. The lowest BCUT2D eigenvalue weighted by atomic mass is 9.90. The lowest BCUT2D eigenvalue weighted by Gasteiger charge is -2.26. The Labute approximate surface area is 249 Å². The molecular formula is C34H36FN5O3. The Morgan fingerprint density at radius 1 is 1.02 bits per heavy atom. The van der Waals surface area contributed by atoms with Crippen molar-refractivity contribution >= 4 is 17.5 Å². The number of halogens is 1. The second-order valence-electron chi connectivity index (χ2n) is 12.1. The molecule has 2 aromatic carbocycles. The smallest absolute Gasteiger partial charge is 0.258 e. The minimum Gasteiger partial charge on any atom is -0.341 e. The Balaban J connectivity index is 1.30. The average Bonchev–Trinajstić information content (AvgIpc) is 3.47. The van der Waals surface area contributed by atoms with E-state index in [1.165, 1.54) is 0 Å². The maximum Gasteiger partial charge on any atom is 0.258 e. The van der Waals surface area contributed by atoms with Crippen molar-refractivity contribution in [2.75, 3.05) is 5.32 Å². The molecule has 2 aliphatic carbocycles. The van der Waals surface area contributed by atoms with E-state index in [2.05, 4.69) is 20.8 Å². The van der Waals surface area contributed by atoms with Crippen LogP contribution in [0.4, 0.5) is 10.1 Å². The highest BCUT2D eigenvalue weighted by molar-refractivity contribution is 6.00. The third-order valence-electron chi connectivity index (χ3n) is 8.73. The van der Waals surface area contributed by atoms with Gasteiger partial charge in [-0.1, -0.05) is 30.3 Å². The van der Waals surface area contributed by atoms with E-state index < -0.39 is 23.5 Å². The van der Waals surface area contributed by atoms with Gasteiger partial charge in [0.1, 0.15) is 6.04 Å². The molecule has 0 unspecified atom stereocenters. The molecule has 1 saturated carbocycles. The van der Waals surface area contributed by atoms with Gasteiger partial charge in [0.2, 0.25) is 5.91 Å². The number of anilines is 1. The molecule has 2 atom stereocenters. The molecule has 0 radical (unpaired) electrons. The molecule has 0 bridgehead atoms. The van der Waals surface area contributed by atoms with Crippen LogP contribution in [0.3, 0.4) is 0 Å². The van der Waals surface area contributed by atoms with Crippen molar-refractivity contribution < 1.29 is 14.0 Å². The van der Waals surface area contributed by atoms with Gasteiger partial charge in [-0.3, -0.25) is 19.5 Å². The van der Waals surface area contributed by atoms with E-state index in [4.69, 9.17) is 0 Å². The SMILES string of the molecule is Cc1n[nH]c(C)c1-c1ccc(NC(=O)[C@@H](NC(=O)C2(F)CC2)[C@@H]2CCc3ccc(-c4ccc(=O)n(C(C)C)c4)cc32)cc1. The number of hydrogen-bond acceptors (Lipinski definition) is 4. The Morgan fingerprint density at radius 2 is 1.72 bits per heavy atom. The zero-order valence-corrected chi connectivity index (χ0v) is 24.8. The quantitative estimate of drug-likeness (QED) is 0.246. The predicted molar refractivity (Wildman–Crippen MR) is 165 cm³/mol. The van der Waals surface area contributed by atoms with Gasteiger partial charge in [-0.25, -0.2) is 4.39 Å². The molecule has 0 saturated heterocycles. The second-order valence-corrected chi connectivity index (χ2v) is 12.1. The summed E-state index contributed by atoms with van der Waals surface area (Å²) in [6.07, 6.45) is 3.56. The van der Waals surface area contributed by atoms with Crippen LogP contribution in [-0.4, -0.2) is 38.3 Å². The van der Waals surface area contributed by atoms with Crippen molar-refractivity contribution in [1.29, 1.82) is 0 Å². The summed E-state index contributed by atoms with van der Waals surface area (Å²) in [5.74, 6) is -1.46. The molecule has 6 rings (SSSR count). The fourth-order valence-electron chi connectivity index (χ4n) is 6.11. The fraction of sp³-hybridized carbons (Fsp3) is 0.353. The highest BCUT2D eigenvalue weighted by Gasteiger charge is 2.52. The lowest BCUT2D eigenvalue weighted by Crippen LogP contribution is -2.50. The summed E-state index contributed by atoms with van der Waals surface area (Å²) >= 11 is 0. The monoisotopic (exact) mass is 581 g/mol. The van der Waals surface area contributed by atoms with Gasteiger partial charge < -0.3 is 15.2 Å². The summed E-state index contributed by atoms with van der Waals surface area (Å²) in [4.78, 5) is 39.1. The highest BCUT2D eigenvalue weighted by Crippen LogP contribution is 2.42. The zero-order valence-electron chi connectivity index (χ0n) is 24.8. The average molecular weight is 582 g/mol. The number of carbonyl (C=O) groups excluding carboxylic acids is 2.